The van der Waals surface area contributed by atoms with E-state index in [0.717, 1.165) is 22.3 Å². The van der Waals surface area contributed by atoms with E-state index in [4.69, 9.17) is 9.47 Å². The SMILES string of the molecule is CNCC(=O)NC(C(=O)N1CC(NC(=O)c2ccc(C(=O)NC3CC(C(=O)NC(COCc4ccccc4)Cc4ccccc4)N(C(=O)C(NC(=O)CNC)C(C)(C)C)C3)cc2)CC1C(=O)NC(COCc1ccccc1)Cc1ccccc1)C(C)(C)C. The van der Waals surface area contributed by atoms with E-state index in [1.807, 2.05) is 163 Å². The van der Waals surface area contributed by atoms with Crippen molar-refractivity contribution in [3.05, 3.63) is 179 Å². The standard InChI is InChI=1S/C68H88N10O10/c1-67(2,3)59(75-57(79)37-69-7)65(85)77-39-51(35-55(77)63(83)73-53(33-45-21-13-9-14-22-45)43-87-41-47-25-17-11-18-26-47)71-61(81)49-29-31-50(32-30-49)62(82)72-52-36-56(78(40-52)66(86)60(68(4,5)6)76-58(80)38-70-8)64(84)74-54(34-46-23-15-10-16-24-46)44-88-42-48-27-19-12-20-28-48/h9-32,51-56,59-60,69-70H,33-44H2,1-8H3,(H,71,81)(H,72,82)(H,73,83)(H,74,84)(H,75,79)(H,76,80). The molecule has 2 fully saturated rings. The summed E-state index contributed by atoms with van der Waals surface area (Å²) in [4.78, 5) is 116. The second kappa shape index (κ2) is 32.1. The highest BCUT2D eigenvalue weighted by atomic mass is 16.5. The molecule has 2 aliphatic heterocycles. The third-order valence-electron chi connectivity index (χ3n) is 15.6. The van der Waals surface area contributed by atoms with Crippen molar-refractivity contribution in [3.63, 3.8) is 0 Å². The lowest BCUT2D eigenvalue weighted by molar-refractivity contribution is -0.144. The summed E-state index contributed by atoms with van der Waals surface area (Å²) in [6.45, 7) is 11.8. The Balaban J connectivity index is 1.06. The molecule has 88 heavy (non-hydrogen) atoms. The van der Waals surface area contributed by atoms with E-state index in [-0.39, 0.29) is 63.4 Å². The summed E-state index contributed by atoms with van der Waals surface area (Å²) in [6, 6.07) is 38.2. The van der Waals surface area contributed by atoms with Crippen molar-refractivity contribution in [2.45, 2.75) is 129 Å². The first kappa shape index (κ1) is 67.2. The van der Waals surface area contributed by atoms with Gasteiger partial charge in [0.05, 0.1) is 51.6 Å². The van der Waals surface area contributed by atoms with Gasteiger partial charge < -0.3 is 61.8 Å². The van der Waals surface area contributed by atoms with Gasteiger partial charge in [0.15, 0.2) is 0 Å². The van der Waals surface area contributed by atoms with Crippen LogP contribution in [0.1, 0.15) is 97.4 Å². The fraction of sp³-hybridized carbons (Fsp3) is 0.441. The van der Waals surface area contributed by atoms with Crippen LogP contribution in [0.2, 0.25) is 0 Å². The summed E-state index contributed by atoms with van der Waals surface area (Å²) in [5.41, 5.74) is 2.74. The maximum Gasteiger partial charge on any atom is 0.251 e. The number of carbonyl (C=O) groups is 8. The summed E-state index contributed by atoms with van der Waals surface area (Å²) < 4.78 is 12.3. The number of benzene rings is 5. The van der Waals surface area contributed by atoms with Crippen molar-refractivity contribution in [2.24, 2.45) is 10.8 Å². The minimum Gasteiger partial charge on any atom is -0.375 e. The number of rotatable bonds is 28. The van der Waals surface area contributed by atoms with Gasteiger partial charge in [-0.05, 0) is 97.1 Å². The van der Waals surface area contributed by atoms with Gasteiger partial charge in [0, 0.05) is 36.3 Å². The van der Waals surface area contributed by atoms with Crippen molar-refractivity contribution >= 4 is 47.3 Å². The van der Waals surface area contributed by atoms with E-state index in [2.05, 4.69) is 42.5 Å². The third-order valence-corrected chi connectivity index (χ3v) is 15.6. The molecule has 0 radical (unpaired) electrons. The number of likely N-dealkylation sites (tertiary alicyclic amines) is 2. The molecule has 0 saturated carbocycles. The van der Waals surface area contributed by atoms with Gasteiger partial charge in [-0.25, -0.2) is 0 Å². The molecule has 5 aromatic carbocycles. The first-order valence-corrected chi connectivity index (χ1v) is 30.2. The van der Waals surface area contributed by atoms with Crippen molar-refractivity contribution in [3.8, 4) is 0 Å². The van der Waals surface area contributed by atoms with E-state index in [9.17, 15) is 38.4 Å². The van der Waals surface area contributed by atoms with Crippen LogP contribution in [0.3, 0.4) is 0 Å². The second-order valence-corrected chi connectivity index (χ2v) is 25.0. The zero-order chi connectivity index (χ0) is 63.4. The summed E-state index contributed by atoms with van der Waals surface area (Å²) in [5, 5.41) is 23.7. The first-order valence-electron chi connectivity index (χ1n) is 30.2. The molecule has 8 amide bonds. The van der Waals surface area contributed by atoms with Gasteiger partial charge in [0.1, 0.15) is 24.2 Å². The predicted octanol–water partition coefficient (Wildman–Crippen LogP) is 4.47. The third kappa shape index (κ3) is 19.9. The number of ether oxygens (including phenoxy) is 2. The van der Waals surface area contributed by atoms with Crippen molar-refractivity contribution < 1.29 is 47.8 Å². The molecule has 20 heteroatoms. The van der Waals surface area contributed by atoms with Gasteiger partial charge in [-0.3, -0.25) is 38.4 Å². The average Bonchev–Trinajstić information content (AvgIpc) is 2.53. The summed E-state index contributed by atoms with van der Waals surface area (Å²) in [6.07, 6.45) is 0.997. The average molecular weight is 1210 g/mol. The van der Waals surface area contributed by atoms with E-state index in [1.54, 1.807) is 14.1 Å². The Morgan fingerprint density at radius 3 is 1.08 bits per heavy atom. The molecule has 8 unspecified atom stereocenters. The van der Waals surface area contributed by atoms with Gasteiger partial charge >= 0.3 is 0 Å². The Bertz CT molecular complexity index is 2900. The van der Waals surface area contributed by atoms with Gasteiger partial charge in [0.25, 0.3) is 11.8 Å². The number of nitrogens with zero attached hydrogens (tertiary/aromatic N) is 2. The molecular formula is C68H88N10O10. The van der Waals surface area contributed by atoms with E-state index in [0.29, 0.717) is 26.1 Å². The van der Waals surface area contributed by atoms with Crippen molar-refractivity contribution in [2.75, 3.05) is 53.5 Å². The molecule has 2 heterocycles. The number of nitrogens with one attached hydrogen (secondary N) is 8. The highest BCUT2D eigenvalue weighted by Crippen LogP contribution is 2.29. The molecule has 0 aromatic heterocycles. The van der Waals surface area contributed by atoms with Crippen LogP contribution < -0.4 is 42.5 Å². The number of carbonyl (C=O) groups excluding carboxylic acids is 8. The Morgan fingerprint density at radius 2 is 0.773 bits per heavy atom. The number of hydrogen-bond donors (Lipinski definition) is 8. The second-order valence-electron chi connectivity index (χ2n) is 25.0. The molecule has 0 spiro atoms. The topological polar surface area (TPSA) is 258 Å². The Kier molecular flexibility index (Phi) is 24.5. The first-order chi connectivity index (χ1) is 42.1. The maximum absolute atomic E-state index is 14.8. The van der Waals surface area contributed by atoms with Crippen LogP contribution in [-0.4, -0.2) is 159 Å². The zero-order valence-corrected chi connectivity index (χ0v) is 51.9. The number of amides is 8. The molecule has 20 nitrogen and oxygen atoms in total. The molecule has 8 N–H and O–H groups in total. The number of hydrogen-bond acceptors (Lipinski definition) is 12. The van der Waals surface area contributed by atoms with Crippen molar-refractivity contribution in [1.29, 1.82) is 0 Å². The van der Waals surface area contributed by atoms with E-state index in [1.165, 1.54) is 34.1 Å². The van der Waals surface area contributed by atoms with Crippen LogP contribution in [0, 0.1) is 10.8 Å². The molecule has 8 atom stereocenters. The Labute approximate surface area is 517 Å². The number of likely N-dealkylation sites (N-methyl/N-ethyl adjacent to an activating group) is 2. The molecule has 0 bridgehead atoms. The molecule has 0 aliphatic carbocycles. The fourth-order valence-electron chi connectivity index (χ4n) is 11.0. The fourth-order valence-corrected chi connectivity index (χ4v) is 11.0. The Morgan fingerprint density at radius 1 is 0.455 bits per heavy atom. The smallest absolute Gasteiger partial charge is 0.251 e. The van der Waals surface area contributed by atoms with Crippen molar-refractivity contribution in [1.82, 2.24) is 52.3 Å². The summed E-state index contributed by atoms with van der Waals surface area (Å²) in [7, 11) is 3.25. The highest BCUT2D eigenvalue weighted by Gasteiger charge is 2.47. The molecular weight excluding hydrogens is 1120 g/mol. The zero-order valence-electron chi connectivity index (χ0n) is 51.9. The minimum absolute atomic E-state index is 0.0344. The van der Waals surface area contributed by atoms with Crippen LogP contribution in [0.4, 0.5) is 0 Å². The highest BCUT2D eigenvalue weighted by molar-refractivity contribution is 5.99. The van der Waals surface area contributed by atoms with Crippen LogP contribution in [-0.2, 0) is 64.3 Å². The van der Waals surface area contributed by atoms with Crippen LogP contribution in [0.5, 0.6) is 0 Å². The van der Waals surface area contributed by atoms with Gasteiger partial charge in [-0.15, -0.1) is 0 Å². The monoisotopic (exact) mass is 1200 g/mol. The lowest BCUT2D eigenvalue weighted by Crippen LogP contribution is -2.59. The molecule has 7 rings (SSSR count). The van der Waals surface area contributed by atoms with Gasteiger partial charge in [-0.2, -0.15) is 0 Å². The normalized spacial score (nSPS) is 18.0. The van der Waals surface area contributed by atoms with E-state index < -0.39 is 106 Å². The molecule has 2 saturated heterocycles. The quantitative estimate of drug-likeness (QED) is 0.0345. The van der Waals surface area contributed by atoms with Gasteiger partial charge in [-0.1, -0.05) is 163 Å². The molecule has 5 aromatic rings. The summed E-state index contributed by atoms with van der Waals surface area (Å²) in [5.74, 6) is -3.66. The van der Waals surface area contributed by atoms with Crippen LogP contribution in [0.15, 0.2) is 146 Å². The van der Waals surface area contributed by atoms with Gasteiger partial charge in [0.2, 0.25) is 35.4 Å². The van der Waals surface area contributed by atoms with Crippen LogP contribution >= 0.6 is 0 Å². The molecule has 2 aliphatic rings. The lowest BCUT2D eigenvalue weighted by Gasteiger charge is -2.35. The maximum atomic E-state index is 14.8. The predicted molar refractivity (Wildman–Crippen MR) is 336 cm³/mol. The summed E-state index contributed by atoms with van der Waals surface area (Å²) >= 11 is 0. The molecule has 470 valence electrons. The lowest BCUT2D eigenvalue weighted by atomic mass is 9.85. The largest absolute Gasteiger partial charge is 0.375 e. The van der Waals surface area contributed by atoms with E-state index >= 15 is 0 Å². The Hall–Kier alpha value is -8.30. The van der Waals surface area contributed by atoms with Crippen LogP contribution in [0.25, 0.3) is 0 Å². The minimum atomic E-state index is -1.04.